The van der Waals surface area contributed by atoms with Crippen molar-refractivity contribution in [3.8, 4) is 0 Å². The van der Waals surface area contributed by atoms with Crippen LogP contribution in [-0.2, 0) is 14.3 Å². The first-order valence-corrected chi connectivity index (χ1v) is 7.33. The van der Waals surface area contributed by atoms with Gasteiger partial charge in [-0.2, -0.15) is 0 Å². The molecule has 1 aliphatic rings. The number of ether oxygens (including phenoxy) is 1. The highest BCUT2D eigenvalue weighted by molar-refractivity contribution is 6.34. The van der Waals surface area contributed by atoms with Gasteiger partial charge in [0, 0.05) is 29.5 Å². The third-order valence-corrected chi connectivity index (χ3v) is 3.94. The summed E-state index contributed by atoms with van der Waals surface area (Å²) in [6.07, 6.45) is 2.34. The van der Waals surface area contributed by atoms with Gasteiger partial charge in [-0.05, 0) is 18.2 Å². The van der Waals surface area contributed by atoms with Gasteiger partial charge in [-0.1, -0.05) is 41.4 Å². The van der Waals surface area contributed by atoms with Gasteiger partial charge >= 0.3 is 11.9 Å². The molecule has 5 nitrogen and oxygen atoms in total. The number of esters is 1. The second kappa shape index (κ2) is 6.56. The quantitative estimate of drug-likeness (QED) is 0.662. The van der Waals surface area contributed by atoms with Crippen LogP contribution in [0.25, 0.3) is 0 Å². The number of carbonyl (C=O) groups excluding carboxylic acids is 2. The number of aliphatic carboxylic acids is 1. The molecule has 0 aromatic heterocycles. The summed E-state index contributed by atoms with van der Waals surface area (Å²) < 4.78 is 4.89. The minimum absolute atomic E-state index is 0.210. The SMILES string of the molecule is CC(=O)OC1(C(=O)O)CC=C(C(=O)c2cccc(Cl)c2)C=C1Cl. The predicted molar refractivity (Wildman–Crippen MR) is 84.6 cm³/mol. The van der Waals surface area contributed by atoms with Crippen LogP contribution in [0, 0.1) is 0 Å². The third kappa shape index (κ3) is 3.46. The molecule has 120 valence electrons. The molecule has 0 saturated carbocycles. The molecule has 0 fully saturated rings. The van der Waals surface area contributed by atoms with E-state index in [1.807, 2.05) is 0 Å². The highest BCUT2D eigenvalue weighted by Crippen LogP contribution is 2.36. The lowest BCUT2D eigenvalue weighted by Gasteiger charge is -2.30. The van der Waals surface area contributed by atoms with E-state index in [0.29, 0.717) is 10.6 Å². The minimum Gasteiger partial charge on any atom is -0.478 e. The van der Waals surface area contributed by atoms with Crippen molar-refractivity contribution < 1.29 is 24.2 Å². The van der Waals surface area contributed by atoms with Gasteiger partial charge in [-0.25, -0.2) is 4.79 Å². The van der Waals surface area contributed by atoms with Crippen LogP contribution in [0.5, 0.6) is 0 Å². The molecule has 1 aromatic rings. The highest BCUT2D eigenvalue weighted by atomic mass is 35.5. The molecule has 1 N–H and O–H groups in total. The van der Waals surface area contributed by atoms with Gasteiger partial charge in [0.25, 0.3) is 0 Å². The average molecular weight is 355 g/mol. The summed E-state index contributed by atoms with van der Waals surface area (Å²) >= 11 is 11.9. The van der Waals surface area contributed by atoms with Crippen molar-refractivity contribution >= 4 is 40.9 Å². The first-order chi connectivity index (χ1) is 10.8. The molecule has 0 bridgehead atoms. The van der Waals surface area contributed by atoms with Crippen molar-refractivity contribution in [1.82, 2.24) is 0 Å². The Balaban J connectivity index is 2.35. The van der Waals surface area contributed by atoms with Gasteiger partial charge in [0.2, 0.25) is 5.60 Å². The second-order valence-electron chi connectivity index (χ2n) is 4.92. The Morgan fingerprint density at radius 2 is 1.96 bits per heavy atom. The molecule has 0 spiro atoms. The number of hydrogen-bond donors (Lipinski definition) is 1. The number of carboxylic acid groups (broad SMARTS) is 1. The summed E-state index contributed by atoms with van der Waals surface area (Å²) in [6, 6.07) is 6.34. The van der Waals surface area contributed by atoms with Gasteiger partial charge in [0.05, 0.1) is 5.03 Å². The van der Waals surface area contributed by atoms with E-state index < -0.39 is 17.5 Å². The molecule has 0 aliphatic heterocycles. The van der Waals surface area contributed by atoms with E-state index in [1.165, 1.54) is 18.2 Å². The van der Waals surface area contributed by atoms with Crippen LogP contribution in [0.4, 0.5) is 0 Å². The lowest BCUT2D eigenvalue weighted by Crippen LogP contribution is -2.44. The fourth-order valence-electron chi connectivity index (χ4n) is 2.19. The third-order valence-electron chi connectivity index (χ3n) is 3.29. The van der Waals surface area contributed by atoms with Crippen molar-refractivity contribution in [2.75, 3.05) is 0 Å². The van der Waals surface area contributed by atoms with Crippen LogP contribution in [-0.4, -0.2) is 28.4 Å². The van der Waals surface area contributed by atoms with Crippen LogP contribution in [0.15, 0.2) is 47.0 Å². The maximum Gasteiger partial charge on any atom is 0.354 e. The number of Topliss-reactive ketones (excluding diaryl/α,β-unsaturated/α-hetero) is 1. The zero-order chi connectivity index (χ0) is 17.2. The number of rotatable bonds is 4. The smallest absolute Gasteiger partial charge is 0.354 e. The van der Waals surface area contributed by atoms with Crippen molar-refractivity contribution in [3.05, 3.63) is 57.6 Å². The molecular weight excluding hydrogens is 343 g/mol. The van der Waals surface area contributed by atoms with Crippen LogP contribution in [0.3, 0.4) is 0 Å². The van der Waals surface area contributed by atoms with Crippen molar-refractivity contribution in [1.29, 1.82) is 0 Å². The maximum atomic E-state index is 12.4. The minimum atomic E-state index is -1.99. The second-order valence-corrected chi connectivity index (χ2v) is 5.76. The molecule has 1 aromatic carbocycles. The van der Waals surface area contributed by atoms with E-state index in [-0.39, 0.29) is 22.8 Å². The monoisotopic (exact) mass is 354 g/mol. The van der Waals surface area contributed by atoms with E-state index in [2.05, 4.69) is 0 Å². The topological polar surface area (TPSA) is 80.7 Å². The van der Waals surface area contributed by atoms with Gasteiger partial charge in [0.15, 0.2) is 5.78 Å². The van der Waals surface area contributed by atoms with Gasteiger partial charge < -0.3 is 9.84 Å². The summed E-state index contributed by atoms with van der Waals surface area (Å²) in [6.45, 7) is 1.09. The Labute approximate surface area is 142 Å². The van der Waals surface area contributed by atoms with E-state index in [9.17, 15) is 19.5 Å². The number of hydrogen-bond acceptors (Lipinski definition) is 4. The molecule has 23 heavy (non-hydrogen) atoms. The van der Waals surface area contributed by atoms with E-state index in [0.717, 1.165) is 6.92 Å². The largest absolute Gasteiger partial charge is 0.478 e. The fraction of sp³-hybridized carbons (Fsp3) is 0.188. The van der Waals surface area contributed by atoms with Crippen LogP contribution in [0.2, 0.25) is 5.02 Å². The first kappa shape index (κ1) is 17.2. The molecule has 1 aliphatic carbocycles. The molecule has 0 saturated heterocycles. The lowest BCUT2D eigenvalue weighted by atomic mass is 9.88. The Kier molecular flexibility index (Phi) is 4.92. The summed E-state index contributed by atoms with van der Waals surface area (Å²) in [5.74, 6) is -2.54. The average Bonchev–Trinajstić information content (AvgIpc) is 2.48. The lowest BCUT2D eigenvalue weighted by molar-refractivity contribution is -0.171. The number of allylic oxidation sites excluding steroid dienone is 2. The number of halogens is 2. The number of ketones is 1. The van der Waals surface area contributed by atoms with Crippen LogP contribution < -0.4 is 0 Å². The molecule has 2 rings (SSSR count). The Morgan fingerprint density at radius 1 is 1.26 bits per heavy atom. The van der Waals surface area contributed by atoms with Crippen molar-refractivity contribution in [3.63, 3.8) is 0 Å². The molecule has 1 unspecified atom stereocenters. The number of carboxylic acids is 1. The standard InChI is InChI=1S/C16H12Cl2O5/c1-9(19)23-16(15(21)22)6-5-11(8-13(16)18)14(20)10-3-2-4-12(17)7-10/h2-5,7-8H,6H2,1H3,(H,21,22). The molecule has 7 heteroatoms. The van der Waals surface area contributed by atoms with Crippen LogP contribution in [0.1, 0.15) is 23.7 Å². The fourth-order valence-corrected chi connectivity index (χ4v) is 2.69. The van der Waals surface area contributed by atoms with Crippen molar-refractivity contribution in [2.24, 2.45) is 0 Å². The van der Waals surface area contributed by atoms with Gasteiger partial charge in [-0.3, -0.25) is 9.59 Å². The Morgan fingerprint density at radius 3 is 2.48 bits per heavy atom. The van der Waals surface area contributed by atoms with E-state index in [4.69, 9.17) is 27.9 Å². The molecule has 1 atom stereocenters. The molecular formula is C16H12Cl2O5. The normalized spacial score (nSPS) is 20.3. The highest BCUT2D eigenvalue weighted by Gasteiger charge is 2.46. The first-order valence-electron chi connectivity index (χ1n) is 6.57. The maximum absolute atomic E-state index is 12.4. The molecule has 0 radical (unpaired) electrons. The van der Waals surface area contributed by atoms with Crippen molar-refractivity contribution in [2.45, 2.75) is 18.9 Å². The summed E-state index contributed by atoms with van der Waals surface area (Å²) in [5, 5.41) is 9.51. The summed E-state index contributed by atoms with van der Waals surface area (Å²) in [4.78, 5) is 35.1. The number of benzene rings is 1. The molecule has 0 amide bonds. The Hall–Kier alpha value is -2.11. The van der Waals surface area contributed by atoms with Gasteiger partial charge in [-0.15, -0.1) is 0 Å². The zero-order valence-corrected chi connectivity index (χ0v) is 13.5. The van der Waals surface area contributed by atoms with Crippen LogP contribution >= 0.6 is 23.2 Å². The van der Waals surface area contributed by atoms with Gasteiger partial charge in [0.1, 0.15) is 0 Å². The predicted octanol–water partition coefficient (Wildman–Crippen LogP) is 3.36. The number of carbonyl (C=O) groups is 3. The Bertz CT molecular complexity index is 751. The van der Waals surface area contributed by atoms with E-state index in [1.54, 1.807) is 18.2 Å². The summed E-state index contributed by atoms with van der Waals surface area (Å²) in [5.41, 5.74) is -1.44. The summed E-state index contributed by atoms with van der Waals surface area (Å²) in [7, 11) is 0. The molecule has 0 heterocycles. The zero-order valence-electron chi connectivity index (χ0n) is 12.0. The van der Waals surface area contributed by atoms with E-state index >= 15 is 0 Å².